The summed E-state index contributed by atoms with van der Waals surface area (Å²) in [5, 5.41) is 21.2. The number of ether oxygens (including phenoxy) is 2. The SMILES string of the molecule is COc1cc(OC)c2cc([NH+]([O-])O)c3ccc(=O)oc3c2c1. The normalized spacial score (nSPS) is 12.5. The maximum atomic E-state index is 11.5. The first-order valence-corrected chi connectivity index (χ1v) is 6.41. The highest BCUT2D eigenvalue weighted by Crippen LogP contribution is 2.37. The van der Waals surface area contributed by atoms with E-state index in [4.69, 9.17) is 13.9 Å². The van der Waals surface area contributed by atoms with Gasteiger partial charge in [-0.05, 0) is 12.1 Å². The molecule has 0 saturated heterocycles. The minimum Gasteiger partial charge on any atom is -0.595 e. The highest BCUT2D eigenvalue weighted by Gasteiger charge is 2.17. The maximum absolute atomic E-state index is 11.5. The van der Waals surface area contributed by atoms with Gasteiger partial charge >= 0.3 is 5.63 Å². The third-order valence-electron chi connectivity index (χ3n) is 3.46. The molecule has 7 nitrogen and oxygen atoms in total. The predicted octanol–water partition coefficient (Wildman–Crippen LogP) is 1.37. The van der Waals surface area contributed by atoms with Crippen molar-refractivity contribution >= 4 is 27.4 Å². The number of methoxy groups -OCH3 is 2. The third-order valence-corrected chi connectivity index (χ3v) is 3.46. The molecule has 0 fully saturated rings. The Bertz CT molecular complexity index is 915. The molecule has 1 unspecified atom stereocenters. The van der Waals surface area contributed by atoms with Crippen LogP contribution in [0.15, 0.2) is 39.5 Å². The van der Waals surface area contributed by atoms with E-state index in [0.29, 0.717) is 27.7 Å². The molecule has 3 aromatic rings. The van der Waals surface area contributed by atoms with E-state index in [2.05, 4.69) is 0 Å². The number of hydrogen-bond acceptors (Lipinski definition) is 6. The molecule has 1 heterocycles. The lowest BCUT2D eigenvalue weighted by Gasteiger charge is -2.16. The van der Waals surface area contributed by atoms with Gasteiger partial charge in [0, 0.05) is 29.0 Å². The minimum absolute atomic E-state index is 0.0368. The molecule has 0 amide bonds. The van der Waals surface area contributed by atoms with Crippen molar-refractivity contribution < 1.29 is 24.3 Å². The van der Waals surface area contributed by atoms with E-state index in [1.165, 1.54) is 32.4 Å². The van der Waals surface area contributed by atoms with Crippen LogP contribution in [0.4, 0.5) is 5.69 Å². The number of nitrogens with one attached hydrogen (secondary N) is 1. The molecule has 0 aliphatic carbocycles. The van der Waals surface area contributed by atoms with Crippen LogP contribution in [-0.2, 0) is 0 Å². The van der Waals surface area contributed by atoms with Crippen LogP contribution in [0, 0.1) is 5.21 Å². The Balaban J connectivity index is 2.57. The molecule has 0 spiro atoms. The number of quaternary nitrogens is 1. The van der Waals surface area contributed by atoms with E-state index in [1.807, 2.05) is 0 Å². The van der Waals surface area contributed by atoms with Crippen molar-refractivity contribution in [2.45, 2.75) is 0 Å². The molecule has 1 atom stereocenters. The summed E-state index contributed by atoms with van der Waals surface area (Å²) in [6.07, 6.45) is 0. The molecular weight excluding hydrogens is 290 g/mol. The van der Waals surface area contributed by atoms with E-state index >= 15 is 0 Å². The van der Waals surface area contributed by atoms with Crippen LogP contribution in [0.25, 0.3) is 21.7 Å². The van der Waals surface area contributed by atoms with Crippen LogP contribution < -0.4 is 20.3 Å². The number of benzene rings is 2. The zero-order chi connectivity index (χ0) is 15.9. The largest absolute Gasteiger partial charge is 0.595 e. The van der Waals surface area contributed by atoms with Crippen LogP contribution in [0.1, 0.15) is 0 Å². The summed E-state index contributed by atoms with van der Waals surface area (Å²) in [4.78, 5) is 11.5. The third kappa shape index (κ3) is 2.17. The Kier molecular flexibility index (Phi) is 3.45. The van der Waals surface area contributed by atoms with Crippen molar-refractivity contribution in [2.24, 2.45) is 0 Å². The number of hydrogen-bond donors (Lipinski definition) is 2. The standard InChI is InChI=1S/C15H13NO6/c1-20-8-5-11-10(13(6-8)21-2)7-12(16(18)19)9-3-4-14(17)22-15(9)11/h3-7,16,18H,1-2H3. The van der Waals surface area contributed by atoms with Gasteiger partial charge in [0.2, 0.25) is 0 Å². The van der Waals surface area contributed by atoms with Crippen molar-refractivity contribution in [3.8, 4) is 11.5 Å². The highest BCUT2D eigenvalue weighted by molar-refractivity contribution is 6.10. The van der Waals surface area contributed by atoms with Gasteiger partial charge in [0.1, 0.15) is 11.5 Å². The minimum atomic E-state index is -1.11. The molecule has 0 bridgehead atoms. The number of fused-ring (bicyclic) bond motifs is 3. The molecule has 2 aromatic carbocycles. The summed E-state index contributed by atoms with van der Waals surface area (Å²) < 4.78 is 15.7. The molecule has 2 N–H and O–H groups in total. The van der Waals surface area contributed by atoms with E-state index in [0.717, 1.165) is 0 Å². The first-order chi connectivity index (χ1) is 10.5. The Morgan fingerprint density at radius 2 is 1.86 bits per heavy atom. The molecule has 3 rings (SSSR count). The monoisotopic (exact) mass is 303 g/mol. The van der Waals surface area contributed by atoms with Gasteiger partial charge in [0.15, 0.2) is 11.3 Å². The van der Waals surface area contributed by atoms with Crippen molar-refractivity contribution in [1.82, 2.24) is 0 Å². The lowest BCUT2D eigenvalue weighted by molar-refractivity contribution is -0.990. The van der Waals surface area contributed by atoms with Gasteiger partial charge in [-0.1, -0.05) is 0 Å². The van der Waals surface area contributed by atoms with Gasteiger partial charge in [0.05, 0.1) is 19.6 Å². The average molecular weight is 303 g/mol. The Hall–Kier alpha value is -2.61. The second kappa shape index (κ2) is 5.30. The second-order valence-electron chi connectivity index (χ2n) is 4.65. The smallest absolute Gasteiger partial charge is 0.336 e. The summed E-state index contributed by atoms with van der Waals surface area (Å²) in [7, 11) is 2.98. The van der Waals surface area contributed by atoms with Crippen molar-refractivity contribution in [2.75, 3.05) is 14.2 Å². The summed E-state index contributed by atoms with van der Waals surface area (Å²) >= 11 is 0. The van der Waals surface area contributed by atoms with E-state index < -0.39 is 10.9 Å². The molecule has 1 aromatic heterocycles. The molecule has 0 aliphatic rings. The van der Waals surface area contributed by atoms with Crippen molar-refractivity contribution in [1.29, 1.82) is 0 Å². The van der Waals surface area contributed by atoms with Crippen molar-refractivity contribution in [3.05, 3.63) is 46.0 Å². The van der Waals surface area contributed by atoms with E-state index in [-0.39, 0.29) is 11.3 Å². The van der Waals surface area contributed by atoms with Gasteiger partial charge < -0.3 is 19.1 Å². The highest BCUT2D eigenvalue weighted by atomic mass is 16.8. The average Bonchev–Trinajstić information content (AvgIpc) is 2.52. The summed E-state index contributed by atoms with van der Waals surface area (Å²) in [6, 6.07) is 7.45. The van der Waals surface area contributed by atoms with Gasteiger partial charge in [-0.15, -0.1) is 0 Å². The maximum Gasteiger partial charge on any atom is 0.336 e. The predicted molar refractivity (Wildman–Crippen MR) is 78.9 cm³/mol. The van der Waals surface area contributed by atoms with Crippen LogP contribution in [0.5, 0.6) is 11.5 Å². The molecule has 0 radical (unpaired) electrons. The Morgan fingerprint density at radius 1 is 1.09 bits per heavy atom. The van der Waals surface area contributed by atoms with Gasteiger partial charge in [0.25, 0.3) is 0 Å². The van der Waals surface area contributed by atoms with Crippen LogP contribution >= 0.6 is 0 Å². The first-order valence-electron chi connectivity index (χ1n) is 6.41. The van der Waals surface area contributed by atoms with Gasteiger partial charge in [-0.3, -0.25) is 0 Å². The molecule has 114 valence electrons. The zero-order valence-electron chi connectivity index (χ0n) is 11.9. The van der Waals surface area contributed by atoms with Crippen LogP contribution in [0.3, 0.4) is 0 Å². The lowest BCUT2D eigenvalue weighted by Crippen LogP contribution is -2.99. The Morgan fingerprint density at radius 3 is 2.50 bits per heavy atom. The van der Waals surface area contributed by atoms with Crippen molar-refractivity contribution in [3.63, 3.8) is 0 Å². The first kappa shape index (κ1) is 14.3. The molecule has 7 heteroatoms. The van der Waals surface area contributed by atoms with Gasteiger partial charge in [-0.25, -0.2) is 10.0 Å². The van der Waals surface area contributed by atoms with Crippen LogP contribution in [0.2, 0.25) is 0 Å². The molecule has 0 aliphatic heterocycles. The number of rotatable bonds is 3. The lowest BCUT2D eigenvalue weighted by atomic mass is 10.0. The molecule has 22 heavy (non-hydrogen) atoms. The second-order valence-corrected chi connectivity index (χ2v) is 4.65. The van der Waals surface area contributed by atoms with Crippen LogP contribution in [-0.4, -0.2) is 19.4 Å². The van der Waals surface area contributed by atoms with E-state index in [9.17, 15) is 15.2 Å². The fraction of sp³-hybridized carbons (Fsp3) is 0.133. The summed E-state index contributed by atoms with van der Waals surface area (Å²) in [5.74, 6) is 0.950. The van der Waals surface area contributed by atoms with E-state index in [1.54, 1.807) is 12.1 Å². The molecule has 0 saturated carbocycles. The quantitative estimate of drug-likeness (QED) is 0.431. The van der Waals surface area contributed by atoms with Gasteiger partial charge in [-0.2, -0.15) is 5.23 Å². The fourth-order valence-corrected chi connectivity index (χ4v) is 2.45. The Labute approximate surface area is 124 Å². The molecular formula is C15H13NO6. The summed E-state index contributed by atoms with van der Waals surface area (Å²) in [5.41, 5.74) is -0.326. The summed E-state index contributed by atoms with van der Waals surface area (Å²) in [6.45, 7) is 0. The zero-order valence-corrected chi connectivity index (χ0v) is 11.9. The topological polar surface area (TPSA) is 96.4 Å². The fourth-order valence-electron chi connectivity index (χ4n) is 2.45.